The normalized spacial score (nSPS) is 25.1. The molecule has 0 N–H and O–H groups in total. The maximum Gasteiger partial charge on any atom is 0.175 e. The second-order valence-electron chi connectivity index (χ2n) is 9.55. The molecular formula is C34H28O2. The fourth-order valence-corrected chi connectivity index (χ4v) is 6.64. The highest BCUT2D eigenvalue weighted by Crippen LogP contribution is 2.66. The molecule has 2 aliphatic carbocycles. The molecule has 2 heteroatoms. The summed E-state index contributed by atoms with van der Waals surface area (Å²) >= 11 is 0. The third kappa shape index (κ3) is 2.98. The highest BCUT2D eigenvalue weighted by atomic mass is 16.5. The summed E-state index contributed by atoms with van der Waals surface area (Å²) < 4.78 is 6.32. The number of fused-ring (bicyclic) bond motifs is 1. The average molecular weight is 469 g/mol. The van der Waals surface area contributed by atoms with Crippen LogP contribution in [-0.4, -0.2) is 19.0 Å². The minimum absolute atomic E-state index is 0.147. The van der Waals surface area contributed by atoms with E-state index in [0.29, 0.717) is 6.42 Å². The molecule has 0 aromatic heterocycles. The maximum atomic E-state index is 15.1. The van der Waals surface area contributed by atoms with E-state index in [0.717, 1.165) is 33.4 Å². The van der Waals surface area contributed by atoms with Gasteiger partial charge in [-0.25, -0.2) is 0 Å². The molecule has 0 saturated heterocycles. The van der Waals surface area contributed by atoms with Gasteiger partial charge in [-0.1, -0.05) is 133 Å². The zero-order chi connectivity index (χ0) is 24.6. The number of ketones is 1. The predicted octanol–water partition coefficient (Wildman–Crippen LogP) is 7.03. The van der Waals surface area contributed by atoms with Crippen LogP contribution >= 0.6 is 0 Å². The van der Waals surface area contributed by atoms with Crippen LogP contribution in [0.5, 0.6) is 0 Å². The number of hydrogen-bond acceptors (Lipinski definition) is 2. The van der Waals surface area contributed by atoms with Gasteiger partial charge >= 0.3 is 0 Å². The van der Waals surface area contributed by atoms with Crippen molar-refractivity contribution in [2.45, 2.75) is 23.4 Å². The number of ether oxygens (including phenoxy) is 1. The van der Waals surface area contributed by atoms with Crippen molar-refractivity contribution in [3.05, 3.63) is 156 Å². The first-order valence-corrected chi connectivity index (χ1v) is 12.5. The summed E-state index contributed by atoms with van der Waals surface area (Å²) in [5.41, 5.74) is 4.28. The van der Waals surface area contributed by atoms with Crippen molar-refractivity contribution in [3.8, 4) is 0 Å². The van der Waals surface area contributed by atoms with Gasteiger partial charge in [-0.15, -0.1) is 0 Å². The molecule has 2 aliphatic rings. The fourth-order valence-electron chi connectivity index (χ4n) is 6.64. The molecule has 4 aromatic carbocycles. The standard InChI is InChI=1S/C34H28O2/c1-36-29-23-14-24-33(27-19-10-4-11-20-27)32(35)30(25-15-6-2-7-16-25)31(26-17-8-3-9-18-26)34(29,33)28-21-12-5-13-22-28/h2-23,29H,24H2,1H3/t29-,33-,34+/m1/s1. The lowest BCUT2D eigenvalue weighted by molar-refractivity contribution is -0.121. The lowest BCUT2D eigenvalue weighted by Gasteiger charge is -2.52. The number of carbonyl (C=O) groups is 1. The van der Waals surface area contributed by atoms with Gasteiger partial charge in [0, 0.05) is 12.7 Å². The van der Waals surface area contributed by atoms with Gasteiger partial charge in [-0.3, -0.25) is 4.79 Å². The Labute approximate surface area is 212 Å². The van der Waals surface area contributed by atoms with Crippen LogP contribution in [0, 0.1) is 0 Å². The van der Waals surface area contributed by atoms with Crippen molar-refractivity contribution in [2.24, 2.45) is 0 Å². The van der Waals surface area contributed by atoms with Crippen LogP contribution in [-0.2, 0) is 20.4 Å². The lowest BCUT2D eigenvalue weighted by Crippen LogP contribution is -2.59. The van der Waals surface area contributed by atoms with Crippen molar-refractivity contribution in [3.63, 3.8) is 0 Å². The van der Waals surface area contributed by atoms with Gasteiger partial charge in [0.25, 0.3) is 0 Å². The van der Waals surface area contributed by atoms with Crippen LogP contribution < -0.4 is 0 Å². The van der Waals surface area contributed by atoms with Crippen LogP contribution in [0.3, 0.4) is 0 Å². The van der Waals surface area contributed by atoms with E-state index in [4.69, 9.17) is 4.74 Å². The summed E-state index contributed by atoms with van der Waals surface area (Å²) in [5, 5.41) is 0. The first kappa shape index (κ1) is 22.5. The van der Waals surface area contributed by atoms with E-state index >= 15 is 4.79 Å². The Hall–Kier alpha value is -4.01. The molecule has 3 atom stereocenters. The highest BCUT2D eigenvalue weighted by Gasteiger charge is 2.69. The summed E-state index contributed by atoms with van der Waals surface area (Å²) in [6, 6.07) is 41.3. The van der Waals surface area contributed by atoms with Crippen LogP contribution in [0.25, 0.3) is 11.1 Å². The molecule has 0 spiro atoms. The lowest BCUT2D eigenvalue weighted by atomic mass is 9.50. The van der Waals surface area contributed by atoms with E-state index in [9.17, 15) is 0 Å². The molecule has 0 aliphatic heterocycles. The van der Waals surface area contributed by atoms with E-state index in [1.54, 1.807) is 7.11 Å². The van der Waals surface area contributed by atoms with E-state index in [-0.39, 0.29) is 11.9 Å². The average Bonchev–Trinajstić information content (AvgIpc) is 3.21. The summed E-state index contributed by atoms with van der Waals surface area (Å²) in [7, 11) is 1.76. The Balaban J connectivity index is 1.84. The minimum atomic E-state index is -0.860. The summed E-state index contributed by atoms with van der Waals surface area (Å²) in [5.74, 6) is 0.147. The third-order valence-electron chi connectivity index (χ3n) is 7.97. The van der Waals surface area contributed by atoms with E-state index < -0.39 is 10.8 Å². The largest absolute Gasteiger partial charge is 0.376 e. The van der Waals surface area contributed by atoms with E-state index in [2.05, 4.69) is 84.9 Å². The zero-order valence-electron chi connectivity index (χ0n) is 20.3. The van der Waals surface area contributed by atoms with Gasteiger partial charge < -0.3 is 4.74 Å². The molecule has 36 heavy (non-hydrogen) atoms. The monoisotopic (exact) mass is 468 g/mol. The Morgan fingerprint density at radius 2 is 1.17 bits per heavy atom. The summed E-state index contributed by atoms with van der Waals surface area (Å²) in [6.07, 6.45) is 4.54. The first-order chi connectivity index (χ1) is 17.7. The van der Waals surface area contributed by atoms with Crippen LogP contribution in [0.2, 0.25) is 0 Å². The second kappa shape index (κ2) is 8.89. The molecule has 2 nitrogen and oxygen atoms in total. The molecule has 6 rings (SSSR count). The third-order valence-corrected chi connectivity index (χ3v) is 7.97. The zero-order valence-corrected chi connectivity index (χ0v) is 20.3. The first-order valence-electron chi connectivity index (χ1n) is 12.5. The van der Waals surface area contributed by atoms with Crippen molar-refractivity contribution in [1.29, 1.82) is 0 Å². The quantitative estimate of drug-likeness (QED) is 0.294. The maximum absolute atomic E-state index is 15.1. The minimum Gasteiger partial charge on any atom is -0.376 e. The number of allylic oxidation sites excluding steroid dienone is 2. The Morgan fingerprint density at radius 1 is 0.667 bits per heavy atom. The Kier molecular flexibility index (Phi) is 5.55. The van der Waals surface area contributed by atoms with Gasteiger partial charge in [0.2, 0.25) is 0 Å². The summed E-state index contributed by atoms with van der Waals surface area (Å²) in [6.45, 7) is 0. The Bertz CT molecular complexity index is 1440. The Morgan fingerprint density at radius 3 is 1.72 bits per heavy atom. The molecule has 0 radical (unpaired) electrons. The molecule has 0 fully saturated rings. The van der Waals surface area contributed by atoms with Crippen LogP contribution in [0.1, 0.15) is 28.7 Å². The van der Waals surface area contributed by atoms with Gasteiger partial charge in [0.05, 0.1) is 16.9 Å². The van der Waals surface area contributed by atoms with Crippen LogP contribution in [0.4, 0.5) is 0 Å². The van der Waals surface area contributed by atoms with Crippen molar-refractivity contribution in [1.82, 2.24) is 0 Å². The molecule has 0 heterocycles. The van der Waals surface area contributed by atoms with Gasteiger partial charge in [-0.2, -0.15) is 0 Å². The van der Waals surface area contributed by atoms with E-state index in [1.165, 1.54) is 0 Å². The summed E-state index contributed by atoms with van der Waals surface area (Å²) in [4.78, 5) is 15.1. The number of rotatable bonds is 5. The predicted molar refractivity (Wildman–Crippen MR) is 145 cm³/mol. The second-order valence-corrected chi connectivity index (χ2v) is 9.55. The fraction of sp³-hybridized carbons (Fsp3) is 0.147. The van der Waals surface area contributed by atoms with E-state index in [1.807, 2.05) is 48.5 Å². The molecule has 0 amide bonds. The van der Waals surface area contributed by atoms with Gasteiger partial charge in [0.15, 0.2) is 5.78 Å². The number of methoxy groups -OCH3 is 1. The topological polar surface area (TPSA) is 26.3 Å². The van der Waals surface area contributed by atoms with Crippen LogP contribution in [0.15, 0.2) is 133 Å². The number of Topliss-reactive ketones (excluding diaryl/α,β-unsaturated/α-hetero) is 1. The molecule has 176 valence electrons. The van der Waals surface area contributed by atoms with Gasteiger partial charge in [-0.05, 0) is 34.2 Å². The SMILES string of the molecule is CO[C@@H]1C=CC[C@@]2(c3ccccc3)C(=O)C(c3ccccc3)=C(c3ccccc3)[C@]12c1ccccc1. The van der Waals surface area contributed by atoms with Crippen molar-refractivity contribution < 1.29 is 9.53 Å². The molecule has 0 bridgehead atoms. The molecule has 0 unspecified atom stereocenters. The van der Waals surface area contributed by atoms with Gasteiger partial charge in [0.1, 0.15) is 0 Å². The molecule has 0 saturated carbocycles. The molecular weight excluding hydrogens is 440 g/mol. The molecule has 4 aromatic rings. The van der Waals surface area contributed by atoms with Crippen molar-refractivity contribution in [2.75, 3.05) is 7.11 Å². The van der Waals surface area contributed by atoms with Crippen molar-refractivity contribution >= 4 is 16.9 Å². The number of benzene rings is 4. The highest BCUT2D eigenvalue weighted by molar-refractivity contribution is 6.38. The number of carbonyl (C=O) groups excluding carboxylic acids is 1. The number of hydrogen-bond donors (Lipinski definition) is 0. The smallest absolute Gasteiger partial charge is 0.175 e.